The molecule has 0 bridgehead atoms. The summed E-state index contributed by atoms with van der Waals surface area (Å²) in [6, 6.07) is 2.20. The summed E-state index contributed by atoms with van der Waals surface area (Å²) in [5, 5.41) is 12.0. The second kappa shape index (κ2) is 8.46. The minimum atomic E-state index is -4.76. The average Bonchev–Trinajstić information content (AvgIpc) is 3.40. The van der Waals surface area contributed by atoms with Gasteiger partial charge < -0.3 is 15.1 Å². The summed E-state index contributed by atoms with van der Waals surface area (Å²) in [6.07, 6.45) is -1.90. The molecule has 0 aromatic carbocycles. The number of carbonyl (C=O) groups is 2. The normalized spacial score (nSPS) is 12.6. The van der Waals surface area contributed by atoms with Gasteiger partial charge in [0.15, 0.2) is 11.4 Å². The lowest BCUT2D eigenvalue weighted by atomic mass is 10.2. The van der Waals surface area contributed by atoms with Gasteiger partial charge in [0, 0.05) is 13.2 Å². The quantitative estimate of drug-likeness (QED) is 0.589. The number of rotatable bonds is 6. The largest absolute Gasteiger partial charge is 0.467 e. The van der Waals surface area contributed by atoms with Crippen LogP contribution < -0.4 is 10.6 Å². The van der Waals surface area contributed by atoms with Crippen LogP contribution in [0.4, 0.5) is 18.9 Å². The molecule has 31 heavy (non-hydrogen) atoms. The molecular weight excluding hydrogens is 441 g/mol. The van der Waals surface area contributed by atoms with Gasteiger partial charge in [-0.3, -0.25) is 19.0 Å². The van der Waals surface area contributed by atoms with Gasteiger partial charge in [-0.2, -0.15) is 23.4 Å². The van der Waals surface area contributed by atoms with Crippen LogP contribution in [0.5, 0.6) is 0 Å². The molecule has 13 heteroatoms. The van der Waals surface area contributed by atoms with E-state index in [0.29, 0.717) is 5.76 Å². The molecule has 3 heterocycles. The van der Waals surface area contributed by atoms with Gasteiger partial charge in [-0.15, -0.1) is 0 Å². The van der Waals surface area contributed by atoms with E-state index in [-0.39, 0.29) is 23.6 Å². The summed E-state index contributed by atoms with van der Waals surface area (Å²) in [5.74, 6) is -0.753. The zero-order valence-corrected chi connectivity index (χ0v) is 17.4. The van der Waals surface area contributed by atoms with Gasteiger partial charge in [-0.25, -0.2) is 0 Å². The van der Waals surface area contributed by atoms with Crippen LogP contribution in [0.3, 0.4) is 0 Å². The first-order valence-corrected chi connectivity index (χ1v) is 9.33. The predicted octanol–water partition coefficient (Wildman–Crippen LogP) is 3.32. The van der Waals surface area contributed by atoms with Crippen LogP contribution in [-0.2, 0) is 24.6 Å². The molecule has 3 aromatic heterocycles. The van der Waals surface area contributed by atoms with Crippen LogP contribution in [0.25, 0.3) is 0 Å². The number of halogens is 4. The maximum absolute atomic E-state index is 13.0. The highest BCUT2D eigenvalue weighted by atomic mass is 35.5. The number of alkyl halides is 3. The third-order valence-electron chi connectivity index (χ3n) is 4.40. The summed E-state index contributed by atoms with van der Waals surface area (Å²) >= 11 is 5.75. The zero-order valence-electron chi connectivity index (χ0n) is 16.6. The van der Waals surface area contributed by atoms with Crippen molar-refractivity contribution in [3.8, 4) is 0 Å². The van der Waals surface area contributed by atoms with Crippen LogP contribution >= 0.6 is 11.6 Å². The van der Waals surface area contributed by atoms with Crippen molar-refractivity contribution in [2.75, 3.05) is 5.32 Å². The Morgan fingerprint density at radius 3 is 2.61 bits per heavy atom. The number of hydrogen-bond acceptors (Lipinski definition) is 5. The number of nitrogens with zero attached hydrogens (tertiary/aromatic N) is 4. The van der Waals surface area contributed by atoms with E-state index in [1.54, 1.807) is 19.2 Å². The maximum Gasteiger partial charge on any atom is 0.436 e. The molecule has 1 unspecified atom stereocenters. The molecule has 166 valence electrons. The number of hydrogen-bond donors (Lipinski definition) is 2. The third kappa shape index (κ3) is 4.74. The molecule has 2 N–H and O–H groups in total. The second-order valence-electron chi connectivity index (χ2n) is 6.68. The van der Waals surface area contributed by atoms with E-state index in [0.717, 1.165) is 4.68 Å². The van der Waals surface area contributed by atoms with Crippen molar-refractivity contribution in [2.24, 2.45) is 7.05 Å². The molecule has 0 radical (unpaired) electrons. The fraction of sp³-hybridized carbons (Fsp3) is 0.333. The fourth-order valence-corrected chi connectivity index (χ4v) is 3.05. The lowest BCUT2D eigenvalue weighted by Gasteiger charge is -2.14. The molecule has 1 atom stereocenters. The Morgan fingerprint density at radius 2 is 2.03 bits per heavy atom. The lowest BCUT2D eigenvalue weighted by Crippen LogP contribution is -2.28. The summed E-state index contributed by atoms with van der Waals surface area (Å²) in [6.45, 7) is 2.79. The van der Waals surface area contributed by atoms with Crippen LogP contribution in [0.1, 0.15) is 40.6 Å². The minimum Gasteiger partial charge on any atom is -0.467 e. The van der Waals surface area contributed by atoms with Gasteiger partial charge >= 0.3 is 6.18 Å². The Labute approximate surface area is 179 Å². The smallest absolute Gasteiger partial charge is 0.436 e. The van der Waals surface area contributed by atoms with Crippen LogP contribution in [0.15, 0.2) is 29.0 Å². The van der Waals surface area contributed by atoms with Crippen molar-refractivity contribution in [3.63, 3.8) is 0 Å². The summed E-state index contributed by atoms with van der Waals surface area (Å²) in [5.41, 5.74) is -1.27. The number of aromatic nitrogens is 4. The highest BCUT2D eigenvalue weighted by Gasteiger charge is 2.39. The van der Waals surface area contributed by atoms with Gasteiger partial charge in [0.25, 0.3) is 5.91 Å². The van der Waals surface area contributed by atoms with Crippen molar-refractivity contribution < 1.29 is 27.2 Å². The van der Waals surface area contributed by atoms with Gasteiger partial charge in [0.2, 0.25) is 5.91 Å². The number of furan rings is 1. The van der Waals surface area contributed by atoms with E-state index in [1.807, 2.05) is 0 Å². The molecule has 0 saturated carbocycles. The molecule has 0 aliphatic carbocycles. The van der Waals surface area contributed by atoms with Gasteiger partial charge in [-0.05, 0) is 26.0 Å². The molecule has 2 amide bonds. The Morgan fingerprint density at radius 1 is 1.32 bits per heavy atom. The minimum absolute atomic E-state index is 0.0146. The van der Waals surface area contributed by atoms with E-state index < -0.39 is 34.7 Å². The second-order valence-corrected chi connectivity index (χ2v) is 7.06. The SMILES string of the molecule is Cc1c(Cl)c(C(F)(F)F)nn1C(C)C(=O)Nc1cn(C)nc1C(=O)NCc1ccco1. The lowest BCUT2D eigenvalue weighted by molar-refractivity contribution is -0.141. The third-order valence-corrected chi connectivity index (χ3v) is 4.85. The van der Waals surface area contributed by atoms with Gasteiger partial charge in [-0.1, -0.05) is 11.6 Å². The molecule has 0 saturated heterocycles. The number of anilines is 1. The molecule has 9 nitrogen and oxygen atoms in total. The maximum atomic E-state index is 13.0. The highest BCUT2D eigenvalue weighted by Crippen LogP contribution is 2.36. The van der Waals surface area contributed by atoms with Crippen LogP contribution in [0, 0.1) is 6.92 Å². The first kappa shape index (κ1) is 22.4. The van der Waals surface area contributed by atoms with Gasteiger partial charge in [0.1, 0.15) is 11.8 Å². The number of nitrogens with one attached hydrogen (secondary N) is 2. The molecule has 0 spiro atoms. The Hall–Kier alpha value is -3.28. The molecule has 3 aromatic rings. The standard InChI is InChI=1S/C18H18ClF3N6O3/c1-9-13(19)15(18(20,21)22)26-28(9)10(2)16(29)24-12-8-27(3)25-14(12)17(30)23-7-11-5-4-6-31-11/h4-6,8,10H,7H2,1-3H3,(H,23,30)(H,24,29). The van der Waals surface area contributed by atoms with E-state index in [2.05, 4.69) is 20.8 Å². The molecule has 0 aliphatic rings. The Bertz CT molecular complexity index is 1100. The van der Waals surface area contributed by atoms with Crippen molar-refractivity contribution in [3.05, 3.63) is 52.5 Å². The first-order valence-electron chi connectivity index (χ1n) is 8.96. The number of aryl methyl sites for hydroxylation is 1. The van der Waals surface area contributed by atoms with Crippen molar-refractivity contribution >= 4 is 29.1 Å². The van der Waals surface area contributed by atoms with Crippen molar-refractivity contribution in [2.45, 2.75) is 32.6 Å². The Balaban J connectivity index is 1.77. The number of amides is 2. The van der Waals surface area contributed by atoms with E-state index >= 15 is 0 Å². The fourth-order valence-electron chi connectivity index (χ4n) is 2.82. The molecule has 3 rings (SSSR count). The number of carbonyl (C=O) groups excluding carboxylic acids is 2. The van der Waals surface area contributed by atoms with Crippen LogP contribution in [-0.4, -0.2) is 31.4 Å². The monoisotopic (exact) mass is 458 g/mol. The molecular formula is C18H18ClF3N6O3. The predicted molar refractivity (Wildman–Crippen MR) is 103 cm³/mol. The van der Waals surface area contributed by atoms with Crippen molar-refractivity contribution in [1.29, 1.82) is 0 Å². The highest BCUT2D eigenvalue weighted by molar-refractivity contribution is 6.32. The molecule has 0 fully saturated rings. The van der Waals surface area contributed by atoms with Crippen LogP contribution in [0.2, 0.25) is 5.02 Å². The molecule has 0 aliphatic heterocycles. The zero-order chi connectivity index (χ0) is 22.9. The average molecular weight is 459 g/mol. The summed E-state index contributed by atoms with van der Waals surface area (Å²) in [4.78, 5) is 25.2. The van der Waals surface area contributed by atoms with E-state index in [4.69, 9.17) is 16.0 Å². The topological polar surface area (TPSA) is 107 Å². The summed E-state index contributed by atoms with van der Waals surface area (Å²) in [7, 11) is 1.55. The van der Waals surface area contributed by atoms with E-state index in [9.17, 15) is 22.8 Å². The van der Waals surface area contributed by atoms with Crippen molar-refractivity contribution in [1.82, 2.24) is 24.9 Å². The van der Waals surface area contributed by atoms with E-state index in [1.165, 1.54) is 31.0 Å². The van der Waals surface area contributed by atoms with Gasteiger partial charge in [0.05, 0.1) is 29.2 Å². The summed E-state index contributed by atoms with van der Waals surface area (Å²) < 4.78 is 46.5. The first-order chi connectivity index (χ1) is 14.5. The Kier molecular flexibility index (Phi) is 6.11.